The molecule has 0 saturated heterocycles. The van der Waals surface area contributed by atoms with E-state index >= 15 is 0 Å². The molecule has 0 saturated carbocycles. The first-order valence-corrected chi connectivity index (χ1v) is 4.64. The maximum absolute atomic E-state index is 12.1. The van der Waals surface area contributed by atoms with Crippen LogP contribution in [0.1, 0.15) is 0 Å². The number of ether oxygens (including phenoxy) is 1. The Hall–Kier alpha value is -0.610. The second kappa shape index (κ2) is 5.19. The Labute approximate surface area is 84.5 Å². The van der Waals surface area contributed by atoms with Gasteiger partial charge in [-0.15, -0.1) is 0 Å². The van der Waals surface area contributed by atoms with Gasteiger partial charge in [0.05, 0.1) is 6.61 Å². The van der Waals surface area contributed by atoms with Gasteiger partial charge in [0, 0.05) is 4.47 Å². The first kappa shape index (κ1) is 10.5. The Morgan fingerprint density at radius 2 is 2.00 bits per heavy atom. The third kappa shape index (κ3) is 3.32. The van der Waals surface area contributed by atoms with Crippen molar-refractivity contribution in [3.05, 3.63) is 28.7 Å². The van der Waals surface area contributed by atoms with Gasteiger partial charge in [-0.3, -0.25) is 0 Å². The van der Waals surface area contributed by atoms with Gasteiger partial charge >= 0.3 is 0 Å². The van der Waals surface area contributed by atoms with Crippen LogP contribution in [-0.4, -0.2) is 24.5 Å². The first-order valence-electron chi connectivity index (χ1n) is 3.85. The van der Waals surface area contributed by atoms with Crippen LogP contribution in [0.4, 0.5) is 4.39 Å². The molecule has 4 heteroatoms. The Balaban J connectivity index is 2.58. The molecule has 1 unspecified atom stereocenters. The van der Waals surface area contributed by atoms with Crippen LogP contribution in [0.15, 0.2) is 28.7 Å². The molecule has 1 atom stereocenters. The Morgan fingerprint density at radius 1 is 1.38 bits per heavy atom. The Kier molecular flexibility index (Phi) is 4.18. The predicted octanol–water partition coefficient (Wildman–Crippen LogP) is 2.16. The summed E-state index contributed by atoms with van der Waals surface area (Å²) in [4.78, 5) is 0. The summed E-state index contributed by atoms with van der Waals surface area (Å²) in [5.41, 5.74) is 0. The van der Waals surface area contributed by atoms with Gasteiger partial charge in [-0.25, -0.2) is 4.39 Å². The lowest BCUT2D eigenvalue weighted by Gasteiger charge is -2.12. The zero-order valence-electron chi connectivity index (χ0n) is 6.91. The van der Waals surface area contributed by atoms with Crippen molar-refractivity contribution in [1.82, 2.24) is 0 Å². The van der Waals surface area contributed by atoms with Crippen LogP contribution < -0.4 is 4.74 Å². The molecule has 1 N–H and O–H groups in total. The Morgan fingerprint density at radius 3 is 2.46 bits per heavy atom. The lowest BCUT2D eigenvalue weighted by atomic mass is 10.3. The van der Waals surface area contributed by atoms with Gasteiger partial charge in [-0.2, -0.15) is 0 Å². The number of halogens is 2. The molecule has 2 nitrogen and oxygen atoms in total. The van der Waals surface area contributed by atoms with Crippen molar-refractivity contribution < 1.29 is 14.2 Å². The number of aliphatic hydroxyl groups is 1. The molecule has 0 amide bonds. The van der Waals surface area contributed by atoms with Gasteiger partial charge in [-0.05, 0) is 24.3 Å². The number of hydrogen-bond acceptors (Lipinski definition) is 2. The third-order valence-corrected chi connectivity index (χ3v) is 2.02. The number of hydrogen-bond donors (Lipinski definition) is 1. The first-order chi connectivity index (χ1) is 6.26. The summed E-state index contributed by atoms with van der Waals surface area (Å²) in [6.45, 7) is -1.00. The quantitative estimate of drug-likeness (QED) is 0.885. The fourth-order valence-electron chi connectivity index (χ4n) is 0.823. The van der Waals surface area contributed by atoms with E-state index in [1.165, 1.54) is 0 Å². The average molecular weight is 249 g/mol. The van der Waals surface area contributed by atoms with E-state index < -0.39 is 12.8 Å². The molecule has 1 aromatic rings. The van der Waals surface area contributed by atoms with Crippen LogP contribution in [0.3, 0.4) is 0 Å². The molecule has 0 fully saturated rings. The third-order valence-electron chi connectivity index (χ3n) is 1.49. The van der Waals surface area contributed by atoms with Crippen molar-refractivity contribution in [2.75, 3.05) is 13.3 Å². The van der Waals surface area contributed by atoms with Crippen LogP contribution in [0, 0.1) is 0 Å². The fourth-order valence-corrected chi connectivity index (χ4v) is 1.09. The molecule has 13 heavy (non-hydrogen) atoms. The monoisotopic (exact) mass is 248 g/mol. The number of rotatable bonds is 4. The zero-order valence-corrected chi connectivity index (χ0v) is 8.50. The van der Waals surface area contributed by atoms with Crippen LogP contribution in [0.5, 0.6) is 5.75 Å². The summed E-state index contributed by atoms with van der Waals surface area (Å²) in [5, 5.41) is 8.67. The molecule has 0 aliphatic rings. The van der Waals surface area contributed by atoms with E-state index in [9.17, 15) is 4.39 Å². The van der Waals surface area contributed by atoms with E-state index in [1.54, 1.807) is 24.3 Å². The second-order valence-corrected chi connectivity index (χ2v) is 3.45. The summed E-state index contributed by atoms with van der Waals surface area (Å²) in [6, 6.07) is 7.01. The highest BCUT2D eigenvalue weighted by Crippen LogP contribution is 2.17. The van der Waals surface area contributed by atoms with Crippen molar-refractivity contribution in [1.29, 1.82) is 0 Å². The van der Waals surface area contributed by atoms with Gasteiger partial charge in [0.1, 0.15) is 18.5 Å². The van der Waals surface area contributed by atoms with Crippen molar-refractivity contribution in [3.63, 3.8) is 0 Å². The smallest absolute Gasteiger partial charge is 0.150 e. The molecule has 0 aliphatic carbocycles. The molecule has 0 radical (unpaired) electrons. The van der Waals surface area contributed by atoms with Gasteiger partial charge in [0.25, 0.3) is 0 Å². The molecule has 72 valence electrons. The average Bonchev–Trinajstić information content (AvgIpc) is 2.17. The van der Waals surface area contributed by atoms with Crippen LogP contribution >= 0.6 is 15.9 Å². The summed E-state index contributed by atoms with van der Waals surface area (Å²) >= 11 is 3.27. The topological polar surface area (TPSA) is 29.5 Å². The van der Waals surface area contributed by atoms with E-state index in [-0.39, 0.29) is 6.61 Å². The Bertz CT molecular complexity index is 246. The van der Waals surface area contributed by atoms with Crippen molar-refractivity contribution in [3.8, 4) is 5.75 Å². The summed E-state index contributed by atoms with van der Waals surface area (Å²) < 4.78 is 18.2. The lowest BCUT2D eigenvalue weighted by molar-refractivity contribution is 0.0931. The van der Waals surface area contributed by atoms with Crippen LogP contribution in [0.2, 0.25) is 0 Å². The fraction of sp³-hybridized carbons (Fsp3) is 0.333. The molecule has 1 rings (SSSR count). The van der Waals surface area contributed by atoms with Crippen molar-refractivity contribution >= 4 is 15.9 Å². The number of benzene rings is 1. The van der Waals surface area contributed by atoms with Crippen molar-refractivity contribution in [2.24, 2.45) is 0 Å². The van der Waals surface area contributed by atoms with Gasteiger partial charge < -0.3 is 9.84 Å². The van der Waals surface area contributed by atoms with Crippen LogP contribution in [-0.2, 0) is 0 Å². The molecular formula is C9H10BrFO2. The van der Waals surface area contributed by atoms with Gasteiger partial charge in [0.2, 0.25) is 0 Å². The minimum Gasteiger partial charge on any atom is -0.485 e. The molecule has 0 heterocycles. The number of aliphatic hydroxyl groups excluding tert-OH is 1. The normalized spacial score (nSPS) is 12.5. The second-order valence-electron chi connectivity index (χ2n) is 2.53. The van der Waals surface area contributed by atoms with E-state index in [0.717, 1.165) is 4.47 Å². The molecule has 0 bridgehead atoms. The maximum atomic E-state index is 12.1. The summed E-state index contributed by atoms with van der Waals surface area (Å²) in [7, 11) is 0. The minimum atomic E-state index is -0.763. The highest BCUT2D eigenvalue weighted by Gasteiger charge is 2.07. The van der Waals surface area contributed by atoms with E-state index in [1.807, 2.05) is 0 Å². The maximum Gasteiger partial charge on any atom is 0.150 e. The number of alkyl halides is 1. The summed E-state index contributed by atoms with van der Waals surface area (Å²) in [6.07, 6.45) is -0.763. The predicted molar refractivity (Wildman–Crippen MR) is 51.6 cm³/mol. The van der Waals surface area contributed by atoms with Crippen LogP contribution in [0.25, 0.3) is 0 Å². The molecule has 0 aliphatic heterocycles. The largest absolute Gasteiger partial charge is 0.485 e. The standard InChI is InChI=1S/C9H10BrFO2/c10-7-1-3-8(4-2-7)13-9(5-11)6-12/h1-4,9,12H,5-6H2. The highest BCUT2D eigenvalue weighted by molar-refractivity contribution is 9.10. The van der Waals surface area contributed by atoms with Gasteiger partial charge in [-0.1, -0.05) is 15.9 Å². The van der Waals surface area contributed by atoms with Crippen molar-refractivity contribution in [2.45, 2.75) is 6.10 Å². The highest BCUT2D eigenvalue weighted by atomic mass is 79.9. The van der Waals surface area contributed by atoms with E-state index in [0.29, 0.717) is 5.75 Å². The lowest BCUT2D eigenvalue weighted by Crippen LogP contribution is -2.23. The van der Waals surface area contributed by atoms with Gasteiger partial charge in [0.15, 0.2) is 0 Å². The molecule has 0 spiro atoms. The zero-order chi connectivity index (χ0) is 9.68. The SMILES string of the molecule is OCC(CF)Oc1ccc(Br)cc1. The van der Waals surface area contributed by atoms with E-state index in [2.05, 4.69) is 15.9 Å². The molecular weight excluding hydrogens is 239 g/mol. The summed E-state index contributed by atoms with van der Waals surface area (Å²) in [5.74, 6) is 0.555. The van der Waals surface area contributed by atoms with E-state index in [4.69, 9.17) is 9.84 Å². The molecule has 0 aromatic heterocycles. The minimum absolute atomic E-state index is 0.313. The molecule has 1 aromatic carbocycles.